The Morgan fingerprint density at radius 1 is 1.36 bits per heavy atom. The number of aryl methyl sites for hydroxylation is 1. The first kappa shape index (κ1) is 15.5. The van der Waals surface area contributed by atoms with Crippen LogP contribution in [0.2, 0.25) is 0 Å². The number of amides is 1. The van der Waals surface area contributed by atoms with E-state index in [1.165, 1.54) is 12.1 Å². The maximum Gasteiger partial charge on any atom is 0.248 e. The number of benzene rings is 1. The number of nitrogens with zero attached hydrogens (tertiary/aromatic N) is 3. The molecule has 1 amide bonds. The summed E-state index contributed by atoms with van der Waals surface area (Å²) in [6, 6.07) is 6.30. The summed E-state index contributed by atoms with van der Waals surface area (Å²) in [4.78, 5) is 16.8. The Morgan fingerprint density at radius 3 is 3.16 bits per heavy atom. The Kier molecular flexibility index (Phi) is 4.01. The molecule has 25 heavy (non-hydrogen) atoms. The van der Waals surface area contributed by atoms with Gasteiger partial charge in [-0.2, -0.15) is 10.1 Å². The van der Waals surface area contributed by atoms with Crippen LogP contribution in [0.4, 0.5) is 10.3 Å². The SMILES string of the molecule is O=C(Nc1n[nH]c(Cc2cccc(F)c2)n1)[C@H]1CCCc2[nH]ncc21. The second-order valence-corrected chi connectivity index (χ2v) is 6.15. The van der Waals surface area contributed by atoms with Crippen molar-refractivity contribution in [3.8, 4) is 0 Å². The second kappa shape index (κ2) is 6.46. The fourth-order valence-corrected chi connectivity index (χ4v) is 3.20. The Labute approximate surface area is 143 Å². The van der Waals surface area contributed by atoms with Crippen LogP contribution in [0, 0.1) is 5.82 Å². The first-order valence-corrected chi connectivity index (χ1v) is 8.18. The first-order valence-electron chi connectivity index (χ1n) is 8.18. The van der Waals surface area contributed by atoms with Gasteiger partial charge < -0.3 is 0 Å². The third-order valence-corrected chi connectivity index (χ3v) is 4.39. The van der Waals surface area contributed by atoms with Gasteiger partial charge in [0.2, 0.25) is 11.9 Å². The molecule has 0 saturated carbocycles. The quantitative estimate of drug-likeness (QED) is 0.678. The van der Waals surface area contributed by atoms with Gasteiger partial charge in [0, 0.05) is 17.7 Å². The van der Waals surface area contributed by atoms with E-state index in [9.17, 15) is 9.18 Å². The van der Waals surface area contributed by atoms with Gasteiger partial charge in [-0.15, -0.1) is 5.10 Å². The molecule has 0 radical (unpaired) electrons. The van der Waals surface area contributed by atoms with E-state index in [2.05, 4.69) is 30.7 Å². The van der Waals surface area contributed by atoms with Crippen LogP contribution in [0.25, 0.3) is 0 Å². The average Bonchev–Trinajstić information content (AvgIpc) is 3.23. The molecular weight excluding hydrogens is 323 g/mol. The molecule has 0 saturated heterocycles. The van der Waals surface area contributed by atoms with Crippen molar-refractivity contribution < 1.29 is 9.18 Å². The number of hydrogen-bond acceptors (Lipinski definition) is 4. The number of fused-ring (bicyclic) bond motifs is 1. The summed E-state index contributed by atoms with van der Waals surface area (Å²) in [6.07, 6.45) is 4.75. The minimum absolute atomic E-state index is 0.140. The van der Waals surface area contributed by atoms with Crippen molar-refractivity contribution in [1.82, 2.24) is 25.4 Å². The molecule has 0 aliphatic heterocycles. The van der Waals surface area contributed by atoms with Crippen LogP contribution in [0.3, 0.4) is 0 Å². The summed E-state index contributed by atoms with van der Waals surface area (Å²) in [5.74, 6) is 0.116. The predicted molar refractivity (Wildman–Crippen MR) is 88.5 cm³/mol. The number of anilines is 1. The first-order chi connectivity index (χ1) is 12.2. The van der Waals surface area contributed by atoms with Crippen LogP contribution < -0.4 is 5.32 Å². The maximum atomic E-state index is 13.2. The van der Waals surface area contributed by atoms with E-state index in [1.54, 1.807) is 12.3 Å². The Bertz CT molecular complexity index is 902. The standard InChI is InChI=1S/C17H17FN6O/c18-11-4-1-3-10(7-11)8-15-20-17(24-23-15)21-16(25)12-5-2-6-14-13(12)9-19-22-14/h1,3-4,7,9,12H,2,5-6,8H2,(H,19,22)(H2,20,21,23,24,25)/t12-/m0/s1. The van der Waals surface area contributed by atoms with Crippen molar-refractivity contribution in [3.63, 3.8) is 0 Å². The molecule has 3 aromatic rings. The van der Waals surface area contributed by atoms with E-state index in [4.69, 9.17) is 0 Å². The molecule has 0 bridgehead atoms. The zero-order valence-corrected chi connectivity index (χ0v) is 13.4. The Balaban J connectivity index is 1.44. The molecule has 1 atom stereocenters. The lowest BCUT2D eigenvalue weighted by molar-refractivity contribution is -0.117. The Morgan fingerprint density at radius 2 is 2.28 bits per heavy atom. The monoisotopic (exact) mass is 340 g/mol. The molecule has 4 rings (SSSR count). The zero-order valence-electron chi connectivity index (χ0n) is 13.4. The van der Waals surface area contributed by atoms with Crippen LogP contribution in [0.1, 0.15) is 41.4 Å². The van der Waals surface area contributed by atoms with E-state index in [0.717, 1.165) is 36.1 Å². The number of carbonyl (C=O) groups is 1. The summed E-state index contributed by atoms with van der Waals surface area (Å²) in [5, 5.41) is 16.5. The van der Waals surface area contributed by atoms with Gasteiger partial charge in [-0.05, 0) is 37.0 Å². The van der Waals surface area contributed by atoms with Gasteiger partial charge in [0.05, 0.1) is 12.1 Å². The van der Waals surface area contributed by atoms with Crippen molar-refractivity contribution in [3.05, 3.63) is 58.9 Å². The highest BCUT2D eigenvalue weighted by atomic mass is 19.1. The highest BCUT2D eigenvalue weighted by Crippen LogP contribution is 2.30. The molecule has 128 valence electrons. The molecule has 2 aromatic heterocycles. The van der Waals surface area contributed by atoms with Crippen molar-refractivity contribution in [1.29, 1.82) is 0 Å². The summed E-state index contributed by atoms with van der Waals surface area (Å²) in [6.45, 7) is 0. The molecule has 1 aliphatic rings. The van der Waals surface area contributed by atoms with Gasteiger partial charge in [-0.1, -0.05) is 12.1 Å². The van der Waals surface area contributed by atoms with Gasteiger partial charge in [-0.25, -0.2) is 4.39 Å². The highest BCUT2D eigenvalue weighted by molar-refractivity contribution is 5.94. The number of aromatic nitrogens is 5. The fourth-order valence-electron chi connectivity index (χ4n) is 3.20. The third-order valence-electron chi connectivity index (χ3n) is 4.39. The second-order valence-electron chi connectivity index (χ2n) is 6.15. The number of rotatable bonds is 4. The number of aromatic amines is 2. The summed E-state index contributed by atoms with van der Waals surface area (Å²) < 4.78 is 13.2. The molecule has 3 N–H and O–H groups in total. The molecule has 1 aliphatic carbocycles. The summed E-state index contributed by atoms with van der Waals surface area (Å²) in [7, 11) is 0. The van der Waals surface area contributed by atoms with E-state index in [-0.39, 0.29) is 23.6 Å². The number of hydrogen-bond donors (Lipinski definition) is 3. The predicted octanol–water partition coefficient (Wildman–Crippen LogP) is 2.32. The summed E-state index contributed by atoms with van der Waals surface area (Å²) in [5.41, 5.74) is 2.75. The molecule has 0 unspecified atom stereocenters. The van der Waals surface area contributed by atoms with E-state index in [1.807, 2.05) is 6.07 Å². The van der Waals surface area contributed by atoms with Crippen LogP contribution in [-0.2, 0) is 17.6 Å². The number of carbonyl (C=O) groups excluding carboxylic acids is 1. The summed E-state index contributed by atoms with van der Waals surface area (Å²) >= 11 is 0. The molecule has 1 aromatic carbocycles. The zero-order chi connectivity index (χ0) is 17.2. The van der Waals surface area contributed by atoms with Gasteiger partial charge in [0.1, 0.15) is 11.6 Å². The third kappa shape index (κ3) is 3.28. The smallest absolute Gasteiger partial charge is 0.248 e. The molecule has 0 spiro atoms. The maximum absolute atomic E-state index is 13.2. The highest BCUT2D eigenvalue weighted by Gasteiger charge is 2.28. The fraction of sp³-hybridized carbons (Fsp3) is 0.294. The number of H-pyrrole nitrogens is 2. The van der Waals surface area contributed by atoms with Gasteiger partial charge >= 0.3 is 0 Å². The van der Waals surface area contributed by atoms with Crippen LogP contribution >= 0.6 is 0 Å². The van der Waals surface area contributed by atoms with Crippen molar-refractivity contribution in [2.45, 2.75) is 31.6 Å². The van der Waals surface area contributed by atoms with Crippen molar-refractivity contribution in [2.75, 3.05) is 5.32 Å². The molecule has 2 heterocycles. The topological polar surface area (TPSA) is 99.4 Å². The van der Waals surface area contributed by atoms with Crippen molar-refractivity contribution >= 4 is 11.9 Å². The lowest BCUT2D eigenvalue weighted by Crippen LogP contribution is -2.24. The molecule has 0 fully saturated rings. The minimum Gasteiger partial charge on any atom is -0.293 e. The number of halogens is 1. The molecular formula is C17H17FN6O. The van der Waals surface area contributed by atoms with E-state index < -0.39 is 0 Å². The lowest BCUT2D eigenvalue weighted by Gasteiger charge is -2.20. The van der Waals surface area contributed by atoms with Gasteiger partial charge in [0.15, 0.2) is 0 Å². The van der Waals surface area contributed by atoms with Gasteiger partial charge in [-0.3, -0.25) is 20.3 Å². The molecule has 8 heteroatoms. The van der Waals surface area contributed by atoms with Gasteiger partial charge in [0.25, 0.3) is 0 Å². The van der Waals surface area contributed by atoms with E-state index >= 15 is 0 Å². The normalized spacial score (nSPS) is 16.4. The average molecular weight is 340 g/mol. The number of nitrogens with one attached hydrogen (secondary N) is 3. The van der Waals surface area contributed by atoms with Crippen molar-refractivity contribution in [2.24, 2.45) is 0 Å². The lowest BCUT2D eigenvalue weighted by atomic mass is 9.86. The Hall–Kier alpha value is -3.03. The largest absolute Gasteiger partial charge is 0.293 e. The van der Waals surface area contributed by atoms with Crippen LogP contribution in [0.15, 0.2) is 30.5 Å². The minimum atomic E-state index is -0.293. The van der Waals surface area contributed by atoms with Crippen LogP contribution in [0.5, 0.6) is 0 Å². The van der Waals surface area contributed by atoms with E-state index in [0.29, 0.717) is 12.2 Å². The van der Waals surface area contributed by atoms with Crippen LogP contribution in [-0.4, -0.2) is 31.3 Å². The molecule has 7 nitrogen and oxygen atoms in total.